The normalized spacial score (nSPS) is 29.0. The Morgan fingerprint density at radius 3 is 1.25 bits per heavy atom. The van der Waals surface area contributed by atoms with Crippen LogP contribution in [0.3, 0.4) is 0 Å². The summed E-state index contributed by atoms with van der Waals surface area (Å²) in [6, 6.07) is 0. The first-order valence-corrected chi connectivity index (χ1v) is 4.90. The highest BCUT2D eigenvalue weighted by atomic mass is 15.3. The molecule has 4 heteroatoms. The van der Waals surface area contributed by atoms with E-state index >= 15 is 0 Å². The summed E-state index contributed by atoms with van der Waals surface area (Å²) in [6.07, 6.45) is 3.31. The lowest BCUT2D eigenvalue weighted by molar-refractivity contribution is 0.232. The molecule has 2 aliphatic heterocycles. The van der Waals surface area contributed by atoms with Crippen molar-refractivity contribution in [1.82, 2.24) is 21.3 Å². The van der Waals surface area contributed by atoms with E-state index in [0.29, 0.717) is 12.3 Å². The molecule has 2 heterocycles. The van der Waals surface area contributed by atoms with Crippen LogP contribution >= 0.6 is 0 Å². The zero-order chi connectivity index (χ0) is 8.23. The molecule has 0 radical (unpaired) electrons. The van der Waals surface area contributed by atoms with Crippen molar-refractivity contribution < 1.29 is 0 Å². The van der Waals surface area contributed by atoms with Crippen LogP contribution in [0.25, 0.3) is 0 Å². The molecule has 70 valence electrons. The maximum absolute atomic E-state index is 3.45. The molecule has 4 nitrogen and oxygen atoms in total. The van der Waals surface area contributed by atoms with Gasteiger partial charge in [0.2, 0.25) is 0 Å². The van der Waals surface area contributed by atoms with Crippen LogP contribution < -0.4 is 21.3 Å². The van der Waals surface area contributed by atoms with Crippen LogP contribution in [0.4, 0.5) is 0 Å². The third-order valence-electron chi connectivity index (χ3n) is 2.50. The number of hydrogen-bond acceptors (Lipinski definition) is 4. The molecule has 0 unspecified atom stereocenters. The Kier molecular flexibility index (Phi) is 2.94. The molecule has 0 aromatic carbocycles. The number of nitrogens with one attached hydrogen (secondary N) is 4. The monoisotopic (exact) mass is 170 g/mol. The van der Waals surface area contributed by atoms with Gasteiger partial charge in [-0.05, 0) is 39.0 Å². The minimum atomic E-state index is 0.416. The van der Waals surface area contributed by atoms with Crippen molar-refractivity contribution in [2.45, 2.75) is 25.2 Å². The van der Waals surface area contributed by atoms with Gasteiger partial charge in [0.1, 0.15) is 0 Å². The molecule has 0 spiro atoms. The second-order valence-electron chi connectivity index (χ2n) is 3.48. The van der Waals surface area contributed by atoms with E-state index in [2.05, 4.69) is 21.3 Å². The van der Waals surface area contributed by atoms with Gasteiger partial charge in [-0.15, -0.1) is 0 Å². The number of rotatable bonds is 1. The van der Waals surface area contributed by atoms with Crippen LogP contribution in [0.2, 0.25) is 0 Å². The van der Waals surface area contributed by atoms with Crippen molar-refractivity contribution in [1.29, 1.82) is 0 Å². The third kappa shape index (κ3) is 1.95. The fraction of sp³-hybridized carbons (Fsp3) is 1.00. The molecule has 0 atom stereocenters. The summed E-state index contributed by atoms with van der Waals surface area (Å²) >= 11 is 0. The topological polar surface area (TPSA) is 48.1 Å². The molecule has 2 aliphatic rings. The largest absolute Gasteiger partial charge is 0.299 e. The summed E-state index contributed by atoms with van der Waals surface area (Å²) in [5, 5.41) is 13.8. The maximum Gasteiger partial charge on any atom is 0.0866 e. The van der Waals surface area contributed by atoms with Gasteiger partial charge in [-0.25, -0.2) is 0 Å². The molecular formula is C8H18N4. The van der Waals surface area contributed by atoms with E-state index in [9.17, 15) is 0 Å². The zero-order valence-corrected chi connectivity index (χ0v) is 7.40. The van der Waals surface area contributed by atoms with Gasteiger partial charge in [0, 0.05) is 0 Å². The van der Waals surface area contributed by atoms with Crippen molar-refractivity contribution in [3.63, 3.8) is 0 Å². The van der Waals surface area contributed by atoms with E-state index in [-0.39, 0.29) is 0 Å². The van der Waals surface area contributed by atoms with Crippen LogP contribution in [0, 0.1) is 0 Å². The SMILES string of the molecule is C1CNC(C2NCCCN2)NC1. The summed E-state index contributed by atoms with van der Waals surface area (Å²) in [7, 11) is 0. The van der Waals surface area contributed by atoms with E-state index in [1.54, 1.807) is 0 Å². The van der Waals surface area contributed by atoms with Crippen molar-refractivity contribution in [2.75, 3.05) is 26.2 Å². The van der Waals surface area contributed by atoms with E-state index in [1.165, 1.54) is 12.8 Å². The lowest BCUT2D eigenvalue weighted by Crippen LogP contribution is -2.66. The summed E-state index contributed by atoms with van der Waals surface area (Å²) in [4.78, 5) is 0. The molecule has 2 rings (SSSR count). The fourth-order valence-corrected chi connectivity index (χ4v) is 1.82. The molecule has 0 bridgehead atoms. The van der Waals surface area contributed by atoms with Gasteiger partial charge >= 0.3 is 0 Å². The Hall–Kier alpha value is -0.160. The Morgan fingerprint density at radius 2 is 0.917 bits per heavy atom. The fourth-order valence-electron chi connectivity index (χ4n) is 1.82. The van der Waals surface area contributed by atoms with E-state index in [0.717, 1.165) is 26.2 Å². The second-order valence-corrected chi connectivity index (χ2v) is 3.48. The van der Waals surface area contributed by atoms with Gasteiger partial charge in [0.15, 0.2) is 0 Å². The average molecular weight is 170 g/mol. The smallest absolute Gasteiger partial charge is 0.0866 e. The van der Waals surface area contributed by atoms with Crippen molar-refractivity contribution in [3.8, 4) is 0 Å². The van der Waals surface area contributed by atoms with Crippen LogP contribution in [-0.4, -0.2) is 38.5 Å². The maximum atomic E-state index is 3.45. The van der Waals surface area contributed by atoms with E-state index < -0.39 is 0 Å². The van der Waals surface area contributed by atoms with Crippen LogP contribution in [0.1, 0.15) is 12.8 Å². The van der Waals surface area contributed by atoms with E-state index in [4.69, 9.17) is 0 Å². The Bertz CT molecular complexity index is 111. The molecule has 0 aliphatic carbocycles. The lowest BCUT2D eigenvalue weighted by atomic mass is 10.2. The van der Waals surface area contributed by atoms with Crippen molar-refractivity contribution >= 4 is 0 Å². The van der Waals surface area contributed by atoms with Gasteiger partial charge < -0.3 is 0 Å². The minimum Gasteiger partial charge on any atom is -0.299 e. The summed E-state index contributed by atoms with van der Waals surface area (Å²) in [6.45, 7) is 4.55. The third-order valence-corrected chi connectivity index (χ3v) is 2.50. The summed E-state index contributed by atoms with van der Waals surface area (Å²) in [5.41, 5.74) is 0. The highest BCUT2D eigenvalue weighted by Crippen LogP contribution is 1.97. The molecule has 2 fully saturated rings. The van der Waals surface area contributed by atoms with Gasteiger partial charge in [-0.3, -0.25) is 21.3 Å². The molecule has 2 saturated heterocycles. The molecular weight excluding hydrogens is 152 g/mol. The molecule has 0 amide bonds. The quantitative estimate of drug-likeness (QED) is 0.399. The van der Waals surface area contributed by atoms with Gasteiger partial charge in [0.25, 0.3) is 0 Å². The highest BCUT2D eigenvalue weighted by molar-refractivity contribution is 4.83. The Labute approximate surface area is 73.5 Å². The zero-order valence-electron chi connectivity index (χ0n) is 7.40. The van der Waals surface area contributed by atoms with Crippen molar-refractivity contribution in [2.24, 2.45) is 0 Å². The molecule has 4 N–H and O–H groups in total. The predicted octanol–water partition coefficient (Wildman–Crippen LogP) is -1.20. The Morgan fingerprint density at radius 1 is 0.583 bits per heavy atom. The molecule has 0 aromatic rings. The van der Waals surface area contributed by atoms with Crippen LogP contribution in [0.5, 0.6) is 0 Å². The average Bonchev–Trinajstić information content (AvgIpc) is 2.21. The molecule has 0 aromatic heterocycles. The van der Waals surface area contributed by atoms with Gasteiger partial charge in [0.05, 0.1) is 12.3 Å². The molecule has 12 heavy (non-hydrogen) atoms. The standard InChI is InChI=1S/C8H18N4/c1-3-9-7(10-4-1)8-11-5-2-6-12-8/h7-12H,1-6H2. The van der Waals surface area contributed by atoms with Crippen molar-refractivity contribution in [3.05, 3.63) is 0 Å². The van der Waals surface area contributed by atoms with Crippen LogP contribution in [-0.2, 0) is 0 Å². The van der Waals surface area contributed by atoms with Gasteiger partial charge in [-0.2, -0.15) is 0 Å². The summed E-state index contributed by atoms with van der Waals surface area (Å²) < 4.78 is 0. The first kappa shape index (κ1) is 8.44. The Balaban J connectivity index is 1.80. The first-order valence-electron chi connectivity index (χ1n) is 4.90. The lowest BCUT2D eigenvalue weighted by Gasteiger charge is -2.35. The second kappa shape index (κ2) is 4.18. The number of hydrogen-bond donors (Lipinski definition) is 4. The van der Waals surface area contributed by atoms with Crippen LogP contribution in [0.15, 0.2) is 0 Å². The molecule has 0 saturated carbocycles. The predicted molar refractivity (Wildman–Crippen MR) is 48.8 cm³/mol. The first-order chi connectivity index (χ1) is 5.97. The highest BCUT2D eigenvalue weighted by Gasteiger charge is 2.23. The van der Waals surface area contributed by atoms with E-state index in [1.807, 2.05) is 0 Å². The minimum absolute atomic E-state index is 0.416. The summed E-state index contributed by atoms with van der Waals surface area (Å²) in [5.74, 6) is 0. The van der Waals surface area contributed by atoms with Gasteiger partial charge in [-0.1, -0.05) is 0 Å².